The molecular formula is C13H16ClF4NO2. The lowest BCUT2D eigenvalue weighted by Crippen LogP contribution is -2.27. The summed E-state index contributed by atoms with van der Waals surface area (Å²) in [5.74, 6) is -1.78. The lowest BCUT2D eigenvalue weighted by atomic mass is 9.88. The average Bonchev–Trinajstić information content (AvgIpc) is 2.40. The van der Waals surface area contributed by atoms with E-state index in [2.05, 4.69) is 4.74 Å². The quantitative estimate of drug-likeness (QED) is 0.862. The summed E-state index contributed by atoms with van der Waals surface area (Å²) in [6, 6.07) is 2.90. The molecule has 8 heteroatoms. The topological polar surface area (TPSA) is 44.5 Å². The Morgan fingerprint density at radius 1 is 1.24 bits per heavy atom. The van der Waals surface area contributed by atoms with Crippen LogP contribution in [-0.2, 0) is 4.74 Å². The summed E-state index contributed by atoms with van der Waals surface area (Å²) in [5.41, 5.74) is 6.49. The van der Waals surface area contributed by atoms with Crippen molar-refractivity contribution >= 4 is 12.4 Å². The minimum Gasteiger partial charge on any atom is -0.403 e. The Labute approximate surface area is 125 Å². The van der Waals surface area contributed by atoms with Gasteiger partial charge in [-0.3, -0.25) is 0 Å². The van der Waals surface area contributed by atoms with E-state index in [-0.39, 0.29) is 18.3 Å². The number of hydrogen-bond donors (Lipinski definition) is 1. The average molecular weight is 330 g/mol. The molecule has 0 radical (unpaired) electrons. The smallest absolute Gasteiger partial charge is 0.403 e. The van der Waals surface area contributed by atoms with Crippen molar-refractivity contribution in [1.29, 1.82) is 0 Å². The molecule has 1 aromatic carbocycles. The fourth-order valence-electron chi connectivity index (χ4n) is 2.28. The summed E-state index contributed by atoms with van der Waals surface area (Å²) in [6.45, 7) is 1.19. The summed E-state index contributed by atoms with van der Waals surface area (Å²) in [5, 5.41) is 0. The lowest BCUT2D eigenvalue weighted by Gasteiger charge is -2.28. The van der Waals surface area contributed by atoms with Gasteiger partial charge in [0, 0.05) is 19.3 Å². The maximum absolute atomic E-state index is 13.6. The van der Waals surface area contributed by atoms with Crippen LogP contribution in [0.25, 0.3) is 0 Å². The second-order valence-corrected chi connectivity index (χ2v) is 4.71. The molecule has 1 fully saturated rings. The van der Waals surface area contributed by atoms with E-state index < -0.39 is 24.0 Å². The third-order valence-corrected chi connectivity index (χ3v) is 3.34. The Hall–Kier alpha value is -1.05. The van der Waals surface area contributed by atoms with E-state index in [0.29, 0.717) is 18.8 Å². The van der Waals surface area contributed by atoms with Gasteiger partial charge in [0.1, 0.15) is 0 Å². The minimum absolute atomic E-state index is 0. The molecule has 0 spiro atoms. The van der Waals surface area contributed by atoms with Crippen LogP contribution in [0.1, 0.15) is 24.4 Å². The van der Waals surface area contributed by atoms with Crippen LogP contribution in [0.2, 0.25) is 0 Å². The molecule has 0 amide bonds. The van der Waals surface area contributed by atoms with Crippen LogP contribution in [0, 0.1) is 11.7 Å². The van der Waals surface area contributed by atoms with Crippen molar-refractivity contribution in [3.63, 3.8) is 0 Å². The highest BCUT2D eigenvalue weighted by Crippen LogP contribution is 2.31. The summed E-state index contributed by atoms with van der Waals surface area (Å²) in [7, 11) is 0. The second kappa shape index (κ2) is 7.29. The Morgan fingerprint density at radius 3 is 2.38 bits per heavy atom. The van der Waals surface area contributed by atoms with Gasteiger partial charge in [-0.1, -0.05) is 6.07 Å². The summed E-state index contributed by atoms with van der Waals surface area (Å²) < 4.78 is 58.5. The normalized spacial score (nSPS) is 18.0. The largest absolute Gasteiger partial charge is 0.573 e. The maximum atomic E-state index is 13.6. The SMILES string of the molecule is Cl.N[C@H](c1ccc(OC(F)(F)F)c(F)c1)C1CCOCC1. The van der Waals surface area contributed by atoms with Gasteiger partial charge in [0.2, 0.25) is 0 Å². The van der Waals surface area contributed by atoms with Gasteiger partial charge in [-0.15, -0.1) is 25.6 Å². The van der Waals surface area contributed by atoms with Crippen molar-refractivity contribution in [1.82, 2.24) is 0 Å². The highest BCUT2D eigenvalue weighted by atomic mass is 35.5. The molecule has 3 nitrogen and oxygen atoms in total. The molecule has 1 aromatic rings. The first kappa shape index (κ1) is 18.0. The first-order valence-electron chi connectivity index (χ1n) is 6.25. The number of hydrogen-bond acceptors (Lipinski definition) is 3. The van der Waals surface area contributed by atoms with Crippen LogP contribution in [0.15, 0.2) is 18.2 Å². The van der Waals surface area contributed by atoms with Crippen LogP contribution in [0.4, 0.5) is 17.6 Å². The van der Waals surface area contributed by atoms with E-state index in [0.717, 1.165) is 25.0 Å². The van der Waals surface area contributed by atoms with Gasteiger partial charge < -0.3 is 15.2 Å². The molecule has 0 aliphatic carbocycles. The third-order valence-electron chi connectivity index (χ3n) is 3.34. The Kier molecular flexibility index (Phi) is 6.24. The number of benzene rings is 1. The fourth-order valence-corrected chi connectivity index (χ4v) is 2.28. The molecule has 0 saturated carbocycles. The van der Waals surface area contributed by atoms with Gasteiger partial charge in [0.25, 0.3) is 0 Å². The highest BCUT2D eigenvalue weighted by Gasteiger charge is 2.32. The van der Waals surface area contributed by atoms with Gasteiger partial charge in [0.15, 0.2) is 11.6 Å². The molecule has 1 aliphatic rings. The second-order valence-electron chi connectivity index (χ2n) is 4.71. The van der Waals surface area contributed by atoms with Gasteiger partial charge in [0.05, 0.1) is 0 Å². The van der Waals surface area contributed by atoms with Gasteiger partial charge >= 0.3 is 6.36 Å². The Bertz CT molecular complexity index is 464. The minimum atomic E-state index is -4.91. The number of alkyl halides is 3. The van der Waals surface area contributed by atoms with Crippen molar-refractivity contribution in [2.24, 2.45) is 11.7 Å². The first-order chi connectivity index (χ1) is 9.37. The molecule has 1 aliphatic heterocycles. The zero-order chi connectivity index (χ0) is 14.8. The molecule has 1 heterocycles. The summed E-state index contributed by atoms with van der Waals surface area (Å²) in [6.07, 6.45) is -3.40. The predicted molar refractivity (Wildman–Crippen MR) is 70.8 cm³/mol. The zero-order valence-electron chi connectivity index (χ0n) is 11.0. The van der Waals surface area contributed by atoms with Crippen molar-refractivity contribution in [2.45, 2.75) is 25.2 Å². The van der Waals surface area contributed by atoms with Gasteiger partial charge in [-0.25, -0.2) is 4.39 Å². The standard InChI is InChI=1S/C13H15F4NO2.ClH/c14-10-7-9(1-2-11(10)20-13(15,16)17)12(18)8-3-5-19-6-4-8;/h1-2,7-8,12H,3-6,18H2;1H/t12-;/m0./s1. The van der Waals surface area contributed by atoms with Crippen LogP contribution in [0.5, 0.6) is 5.75 Å². The maximum Gasteiger partial charge on any atom is 0.573 e. The highest BCUT2D eigenvalue weighted by molar-refractivity contribution is 5.85. The van der Waals surface area contributed by atoms with Gasteiger partial charge in [-0.2, -0.15) is 0 Å². The lowest BCUT2D eigenvalue weighted by molar-refractivity contribution is -0.275. The third kappa shape index (κ3) is 5.01. The predicted octanol–water partition coefficient (Wildman–Crippen LogP) is 3.57. The molecule has 1 saturated heterocycles. The Morgan fingerprint density at radius 2 is 1.86 bits per heavy atom. The monoisotopic (exact) mass is 329 g/mol. The molecule has 21 heavy (non-hydrogen) atoms. The van der Waals surface area contributed by atoms with E-state index >= 15 is 0 Å². The van der Waals surface area contributed by atoms with E-state index in [1.54, 1.807) is 0 Å². The van der Waals surface area contributed by atoms with E-state index in [1.807, 2.05) is 0 Å². The van der Waals surface area contributed by atoms with Crippen LogP contribution >= 0.6 is 12.4 Å². The first-order valence-corrected chi connectivity index (χ1v) is 6.25. The molecule has 1 atom stereocenters. The zero-order valence-corrected chi connectivity index (χ0v) is 11.8. The molecule has 2 N–H and O–H groups in total. The van der Waals surface area contributed by atoms with E-state index in [4.69, 9.17) is 10.5 Å². The van der Waals surface area contributed by atoms with Crippen molar-refractivity contribution < 1.29 is 27.0 Å². The van der Waals surface area contributed by atoms with E-state index in [9.17, 15) is 17.6 Å². The van der Waals surface area contributed by atoms with Crippen LogP contribution < -0.4 is 10.5 Å². The van der Waals surface area contributed by atoms with Crippen molar-refractivity contribution in [3.8, 4) is 5.75 Å². The molecular weight excluding hydrogens is 314 g/mol. The molecule has 0 unspecified atom stereocenters. The summed E-state index contributed by atoms with van der Waals surface area (Å²) >= 11 is 0. The number of halogens is 5. The summed E-state index contributed by atoms with van der Waals surface area (Å²) in [4.78, 5) is 0. The fraction of sp³-hybridized carbons (Fsp3) is 0.538. The number of rotatable bonds is 3. The number of ether oxygens (including phenoxy) is 2. The van der Waals surface area contributed by atoms with Crippen LogP contribution in [-0.4, -0.2) is 19.6 Å². The van der Waals surface area contributed by atoms with Crippen LogP contribution in [0.3, 0.4) is 0 Å². The van der Waals surface area contributed by atoms with Crippen molar-refractivity contribution in [2.75, 3.05) is 13.2 Å². The molecule has 2 rings (SSSR count). The van der Waals surface area contributed by atoms with Crippen molar-refractivity contribution in [3.05, 3.63) is 29.6 Å². The molecule has 0 aromatic heterocycles. The van der Waals surface area contributed by atoms with E-state index in [1.165, 1.54) is 6.07 Å². The number of nitrogens with two attached hydrogens (primary N) is 1. The molecule has 0 bridgehead atoms. The molecule has 120 valence electrons. The van der Waals surface area contributed by atoms with Gasteiger partial charge in [-0.05, 0) is 36.5 Å². The Balaban J connectivity index is 0.00000220.